The van der Waals surface area contributed by atoms with Gasteiger partial charge in [-0.2, -0.15) is 5.10 Å². The Morgan fingerprint density at radius 3 is 2.81 bits per heavy atom. The number of aromatic nitrogens is 2. The van der Waals surface area contributed by atoms with Gasteiger partial charge in [-0.25, -0.2) is 0 Å². The Labute approximate surface area is 91.7 Å². The number of benzene rings is 1. The molecule has 0 amide bonds. The molecular weight excluding hydrogens is 208 g/mol. The van der Waals surface area contributed by atoms with Crippen molar-refractivity contribution in [2.45, 2.75) is 0 Å². The summed E-state index contributed by atoms with van der Waals surface area (Å²) in [6.07, 6.45) is 0. The van der Waals surface area contributed by atoms with Crippen LogP contribution < -0.4 is 9.84 Å². The van der Waals surface area contributed by atoms with Crippen LogP contribution in [0, 0.1) is 0 Å². The Morgan fingerprint density at radius 1 is 1.44 bits per heavy atom. The van der Waals surface area contributed by atoms with Gasteiger partial charge in [0, 0.05) is 5.56 Å². The van der Waals surface area contributed by atoms with E-state index in [2.05, 4.69) is 10.2 Å². The third kappa shape index (κ3) is 1.75. The van der Waals surface area contributed by atoms with Crippen LogP contribution in [0.5, 0.6) is 5.75 Å². The van der Waals surface area contributed by atoms with E-state index in [-0.39, 0.29) is 5.69 Å². The molecule has 5 heteroatoms. The van der Waals surface area contributed by atoms with Crippen LogP contribution in [0.1, 0.15) is 10.5 Å². The average molecular weight is 217 g/mol. The second-order valence-corrected chi connectivity index (χ2v) is 3.15. The van der Waals surface area contributed by atoms with Crippen LogP contribution in [0.25, 0.3) is 11.3 Å². The van der Waals surface area contributed by atoms with E-state index in [0.717, 1.165) is 5.56 Å². The zero-order valence-corrected chi connectivity index (χ0v) is 8.56. The van der Waals surface area contributed by atoms with E-state index in [0.29, 0.717) is 11.4 Å². The highest BCUT2D eigenvalue weighted by Gasteiger charge is 2.08. The van der Waals surface area contributed by atoms with Gasteiger partial charge < -0.3 is 14.6 Å². The summed E-state index contributed by atoms with van der Waals surface area (Å²) in [5.41, 5.74) is 1.19. The van der Waals surface area contributed by atoms with Gasteiger partial charge >= 0.3 is 0 Å². The van der Waals surface area contributed by atoms with Gasteiger partial charge in [-0.05, 0) is 18.2 Å². The zero-order valence-electron chi connectivity index (χ0n) is 8.56. The minimum atomic E-state index is -1.28. The molecule has 1 N–H and O–H groups in total. The van der Waals surface area contributed by atoms with E-state index in [1.165, 1.54) is 6.07 Å². The van der Waals surface area contributed by atoms with Crippen LogP contribution in [-0.2, 0) is 0 Å². The minimum absolute atomic E-state index is 0.0547. The van der Waals surface area contributed by atoms with Gasteiger partial charge in [-0.3, -0.25) is 5.10 Å². The molecule has 0 aliphatic rings. The lowest BCUT2D eigenvalue weighted by molar-refractivity contribution is -0.255. The van der Waals surface area contributed by atoms with Crippen LogP contribution in [-0.4, -0.2) is 23.3 Å². The summed E-state index contributed by atoms with van der Waals surface area (Å²) in [6.45, 7) is 0. The number of nitrogens with zero attached hydrogens (tertiary/aromatic N) is 1. The molecule has 82 valence electrons. The SMILES string of the molecule is COc1ccccc1-c1cc(C(=O)[O-])[nH]n1. The number of H-pyrrole nitrogens is 1. The molecule has 0 aliphatic carbocycles. The summed E-state index contributed by atoms with van der Waals surface area (Å²) in [4.78, 5) is 10.6. The maximum absolute atomic E-state index is 10.6. The summed E-state index contributed by atoms with van der Waals surface area (Å²) < 4.78 is 5.15. The third-order valence-corrected chi connectivity index (χ3v) is 2.18. The molecule has 0 saturated heterocycles. The van der Waals surface area contributed by atoms with Crippen LogP contribution in [0.15, 0.2) is 30.3 Å². The van der Waals surface area contributed by atoms with Gasteiger partial charge in [0.2, 0.25) is 0 Å². The highest BCUT2D eigenvalue weighted by atomic mass is 16.5. The molecule has 0 bridgehead atoms. The molecule has 1 aromatic heterocycles. The maximum Gasteiger partial charge on any atom is 0.128 e. The molecule has 16 heavy (non-hydrogen) atoms. The molecule has 5 nitrogen and oxygen atoms in total. The predicted octanol–water partition coefficient (Wildman–Crippen LogP) is 0.449. The number of aromatic amines is 1. The van der Waals surface area contributed by atoms with Crippen molar-refractivity contribution in [3.63, 3.8) is 0 Å². The molecule has 0 atom stereocenters. The smallest absolute Gasteiger partial charge is 0.128 e. The van der Waals surface area contributed by atoms with E-state index >= 15 is 0 Å². The van der Waals surface area contributed by atoms with E-state index in [9.17, 15) is 9.90 Å². The number of carbonyl (C=O) groups excluding carboxylic acids is 1. The van der Waals surface area contributed by atoms with Gasteiger partial charge in [0.1, 0.15) is 5.75 Å². The second-order valence-electron chi connectivity index (χ2n) is 3.15. The average Bonchev–Trinajstić information content (AvgIpc) is 2.78. The van der Waals surface area contributed by atoms with Crippen molar-refractivity contribution in [3.05, 3.63) is 36.0 Å². The van der Waals surface area contributed by atoms with Gasteiger partial charge in [0.05, 0.1) is 24.5 Å². The van der Waals surface area contributed by atoms with Crippen LogP contribution >= 0.6 is 0 Å². The molecule has 0 radical (unpaired) electrons. The van der Waals surface area contributed by atoms with Gasteiger partial charge in [-0.1, -0.05) is 12.1 Å². The van der Waals surface area contributed by atoms with Crippen LogP contribution in [0.3, 0.4) is 0 Å². The number of rotatable bonds is 3. The molecule has 2 aromatic rings. The third-order valence-electron chi connectivity index (χ3n) is 2.18. The molecule has 0 saturated carbocycles. The van der Waals surface area contributed by atoms with E-state index in [1.807, 2.05) is 12.1 Å². The van der Waals surface area contributed by atoms with Crippen molar-refractivity contribution in [2.75, 3.05) is 7.11 Å². The van der Waals surface area contributed by atoms with Crippen LogP contribution in [0.4, 0.5) is 0 Å². The fourth-order valence-electron chi connectivity index (χ4n) is 1.42. The first-order valence-corrected chi connectivity index (χ1v) is 4.62. The van der Waals surface area contributed by atoms with E-state index in [4.69, 9.17) is 4.74 Å². The van der Waals surface area contributed by atoms with Crippen molar-refractivity contribution in [1.82, 2.24) is 10.2 Å². The standard InChI is InChI=1S/C11H10N2O3/c1-16-10-5-3-2-4-7(10)8-6-9(11(14)15)13-12-8/h2-6H,1H3,(H,12,13)(H,14,15)/p-1. The minimum Gasteiger partial charge on any atom is -0.543 e. The normalized spacial score (nSPS) is 10.1. The van der Waals surface area contributed by atoms with Crippen molar-refractivity contribution in [2.24, 2.45) is 0 Å². The topological polar surface area (TPSA) is 78.0 Å². The molecule has 0 spiro atoms. The van der Waals surface area contributed by atoms with Gasteiger partial charge in [-0.15, -0.1) is 0 Å². The lowest BCUT2D eigenvalue weighted by Crippen LogP contribution is -2.22. The lowest BCUT2D eigenvalue weighted by Gasteiger charge is -2.04. The van der Waals surface area contributed by atoms with Crippen molar-refractivity contribution < 1.29 is 14.6 Å². The fourth-order valence-corrected chi connectivity index (χ4v) is 1.42. The van der Waals surface area contributed by atoms with E-state index in [1.54, 1.807) is 19.2 Å². The Morgan fingerprint density at radius 2 is 2.19 bits per heavy atom. The summed E-state index contributed by atoms with van der Waals surface area (Å²) in [5, 5.41) is 16.9. The number of carboxylic acid groups (broad SMARTS) is 1. The number of carbonyl (C=O) groups is 1. The Bertz CT molecular complexity index is 519. The number of carboxylic acids is 1. The first-order valence-electron chi connectivity index (χ1n) is 4.62. The van der Waals surface area contributed by atoms with Gasteiger partial charge in [0.25, 0.3) is 0 Å². The largest absolute Gasteiger partial charge is 0.543 e. The molecular formula is C11H9N2O3-. The number of hydrogen-bond acceptors (Lipinski definition) is 4. The van der Waals surface area contributed by atoms with Gasteiger partial charge in [0.15, 0.2) is 0 Å². The lowest BCUT2D eigenvalue weighted by atomic mass is 10.1. The highest BCUT2D eigenvalue weighted by Crippen LogP contribution is 2.27. The quantitative estimate of drug-likeness (QED) is 0.809. The number of ether oxygens (including phenoxy) is 1. The fraction of sp³-hybridized carbons (Fsp3) is 0.0909. The predicted molar refractivity (Wildman–Crippen MR) is 54.9 cm³/mol. The number of hydrogen-bond donors (Lipinski definition) is 1. The van der Waals surface area contributed by atoms with Crippen molar-refractivity contribution in [1.29, 1.82) is 0 Å². The Hall–Kier alpha value is -2.30. The zero-order chi connectivity index (χ0) is 11.5. The monoisotopic (exact) mass is 217 g/mol. The molecule has 1 aromatic carbocycles. The number of methoxy groups -OCH3 is 1. The van der Waals surface area contributed by atoms with Crippen molar-refractivity contribution in [3.8, 4) is 17.0 Å². The second kappa shape index (κ2) is 4.06. The summed E-state index contributed by atoms with van der Waals surface area (Å²) in [6, 6.07) is 8.64. The number of para-hydroxylation sites is 1. The Kier molecular flexibility index (Phi) is 2.59. The number of aromatic carboxylic acids is 1. The van der Waals surface area contributed by atoms with Crippen molar-refractivity contribution >= 4 is 5.97 Å². The molecule has 0 fully saturated rings. The highest BCUT2D eigenvalue weighted by molar-refractivity contribution is 5.85. The van der Waals surface area contributed by atoms with Crippen LogP contribution in [0.2, 0.25) is 0 Å². The first kappa shape index (κ1) is 10.2. The summed E-state index contributed by atoms with van der Waals surface area (Å²) in [5.74, 6) is -0.646. The number of nitrogens with one attached hydrogen (secondary N) is 1. The van der Waals surface area contributed by atoms with E-state index < -0.39 is 5.97 Å². The summed E-state index contributed by atoms with van der Waals surface area (Å²) >= 11 is 0. The summed E-state index contributed by atoms with van der Waals surface area (Å²) in [7, 11) is 1.55. The molecule has 0 aliphatic heterocycles. The maximum atomic E-state index is 10.6. The Balaban J connectivity index is 2.46. The molecule has 1 heterocycles. The molecule has 0 unspecified atom stereocenters. The molecule has 2 rings (SSSR count). The first-order chi connectivity index (χ1) is 7.72.